The number of carboxylic acids is 2. The number of carbonyl (C=O) groups is 2. The van der Waals surface area contributed by atoms with E-state index in [4.69, 9.17) is 30.3 Å². The summed E-state index contributed by atoms with van der Waals surface area (Å²) in [5, 5.41) is 22.6. The van der Waals surface area contributed by atoms with E-state index in [-0.39, 0.29) is 11.9 Å². The van der Waals surface area contributed by atoms with Crippen molar-refractivity contribution in [2.24, 2.45) is 5.73 Å². The first kappa shape index (κ1) is 33.5. The molecule has 0 aliphatic heterocycles. The highest BCUT2D eigenvalue weighted by molar-refractivity contribution is 5.86. The van der Waals surface area contributed by atoms with Crippen molar-refractivity contribution in [2.75, 3.05) is 6.61 Å². The van der Waals surface area contributed by atoms with Crippen LogP contribution in [0.25, 0.3) is 22.0 Å². The molecule has 16 heteroatoms. The highest BCUT2D eigenvalue weighted by Crippen LogP contribution is 2.27. The van der Waals surface area contributed by atoms with Crippen molar-refractivity contribution in [1.29, 1.82) is 0 Å². The van der Waals surface area contributed by atoms with Crippen LogP contribution in [0.1, 0.15) is 11.3 Å². The predicted octanol–water partition coefficient (Wildman–Crippen LogP) is 5.29. The first-order valence-electron chi connectivity index (χ1n) is 11.6. The molecule has 0 radical (unpaired) electrons. The smallest absolute Gasteiger partial charge is 0.490 e. The standard InChI is InChI=1S/C22H21FN4O.2C2HF3O2/c1-14-21-10-16(5-6-22(21)27-26-14)17-9-20(12-25-11-17)28-13-19(24)8-15-3-2-4-18(23)7-15;2*3-2(4,5)1(6)7/h2-7,9-12,19H,8,13,24H2,1H3,(H,26,27);2*(H,6,7)/t19-;;/m0../s1. The van der Waals surface area contributed by atoms with E-state index in [2.05, 4.69) is 21.2 Å². The van der Waals surface area contributed by atoms with Crippen LogP contribution in [-0.2, 0) is 16.0 Å². The first-order chi connectivity index (χ1) is 19.5. The van der Waals surface area contributed by atoms with E-state index in [9.17, 15) is 30.7 Å². The molecule has 0 bridgehead atoms. The molecule has 2 aromatic carbocycles. The summed E-state index contributed by atoms with van der Waals surface area (Å²) in [4.78, 5) is 22.1. The summed E-state index contributed by atoms with van der Waals surface area (Å²) in [5.74, 6) is -5.12. The second kappa shape index (κ2) is 14.2. The van der Waals surface area contributed by atoms with Gasteiger partial charge < -0.3 is 20.7 Å². The van der Waals surface area contributed by atoms with E-state index < -0.39 is 24.3 Å². The summed E-state index contributed by atoms with van der Waals surface area (Å²) in [5.41, 5.74) is 11.0. The second-order valence-corrected chi connectivity index (χ2v) is 8.50. The number of fused-ring (bicyclic) bond motifs is 1. The molecular weight excluding hydrogens is 581 g/mol. The SMILES string of the molecule is Cc1[nH]nc2ccc(-c3cncc(OC[C@@H](N)Cc4cccc(F)c4)c3)cc12.O=C(O)C(F)(F)F.O=C(O)C(F)(F)F. The van der Waals surface area contributed by atoms with Gasteiger partial charge in [-0.25, -0.2) is 14.0 Å². The van der Waals surface area contributed by atoms with Crippen molar-refractivity contribution < 1.29 is 55.3 Å². The number of nitrogens with two attached hydrogens (primary N) is 1. The Labute approximate surface area is 232 Å². The number of aromatic nitrogens is 3. The molecule has 226 valence electrons. The Morgan fingerprint density at radius 3 is 2.14 bits per heavy atom. The van der Waals surface area contributed by atoms with Gasteiger partial charge in [0.2, 0.25) is 0 Å². The summed E-state index contributed by atoms with van der Waals surface area (Å²) in [6, 6.07) is 14.2. The highest BCUT2D eigenvalue weighted by Gasteiger charge is 2.38. The van der Waals surface area contributed by atoms with Crippen molar-refractivity contribution in [1.82, 2.24) is 15.2 Å². The molecule has 2 heterocycles. The van der Waals surface area contributed by atoms with Crippen LogP contribution >= 0.6 is 0 Å². The van der Waals surface area contributed by atoms with Gasteiger partial charge in [0.25, 0.3) is 0 Å². The van der Waals surface area contributed by atoms with Crippen LogP contribution in [0, 0.1) is 12.7 Å². The fourth-order valence-electron chi connectivity index (χ4n) is 3.20. The topological polar surface area (TPSA) is 151 Å². The number of hydrogen-bond donors (Lipinski definition) is 4. The summed E-state index contributed by atoms with van der Waals surface area (Å²) in [6.45, 7) is 2.32. The number of alkyl halides is 6. The van der Waals surface area contributed by atoms with Gasteiger partial charge in [-0.3, -0.25) is 10.1 Å². The Morgan fingerprint density at radius 2 is 1.57 bits per heavy atom. The quantitative estimate of drug-likeness (QED) is 0.217. The minimum atomic E-state index is -5.08. The number of benzene rings is 2. The van der Waals surface area contributed by atoms with Crippen LogP contribution < -0.4 is 10.5 Å². The molecule has 2 aromatic heterocycles. The van der Waals surface area contributed by atoms with Crippen molar-refractivity contribution in [2.45, 2.75) is 31.7 Å². The average Bonchev–Trinajstić information content (AvgIpc) is 3.27. The predicted molar refractivity (Wildman–Crippen MR) is 135 cm³/mol. The van der Waals surface area contributed by atoms with Gasteiger partial charge in [-0.15, -0.1) is 0 Å². The normalized spacial score (nSPS) is 11.9. The molecule has 0 saturated carbocycles. The number of nitrogens with zero attached hydrogens (tertiary/aromatic N) is 2. The molecule has 0 fully saturated rings. The maximum absolute atomic E-state index is 13.3. The molecule has 0 aliphatic carbocycles. The molecular formula is C26H23F7N4O5. The molecule has 1 atom stereocenters. The Hall–Kier alpha value is -4.73. The fraction of sp³-hybridized carbons (Fsp3) is 0.231. The minimum absolute atomic E-state index is 0.240. The largest absolute Gasteiger partial charge is 0.490 e. The third-order valence-corrected chi connectivity index (χ3v) is 5.13. The Balaban J connectivity index is 0.000000367. The number of carboxylic acid groups (broad SMARTS) is 2. The lowest BCUT2D eigenvalue weighted by Gasteiger charge is -2.14. The van der Waals surface area contributed by atoms with E-state index in [1.165, 1.54) is 12.1 Å². The number of ether oxygens (including phenoxy) is 1. The monoisotopic (exact) mass is 604 g/mol. The number of rotatable bonds is 6. The van der Waals surface area contributed by atoms with Crippen LogP contribution in [0.2, 0.25) is 0 Å². The zero-order chi connectivity index (χ0) is 31.7. The molecule has 0 unspecified atom stereocenters. The Morgan fingerprint density at radius 1 is 0.952 bits per heavy atom. The van der Waals surface area contributed by atoms with Crippen LogP contribution in [0.5, 0.6) is 5.75 Å². The van der Waals surface area contributed by atoms with E-state index in [0.29, 0.717) is 18.8 Å². The summed E-state index contributed by atoms with van der Waals surface area (Å²) >= 11 is 0. The third-order valence-electron chi connectivity index (χ3n) is 5.13. The van der Waals surface area contributed by atoms with Crippen LogP contribution in [-0.4, -0.2) is 62.3 Å². The van der Waals surface area contributed by atoms with Crippen LogP contribution in [0.4, 0.5) is 30.7 Å². The van der Waals surface area contributed by atoms with Gasteiger partial charge in [-0.05, 0) is 54.8 Å². The second-order valence-electron chi connectivity index (χ2n) is 8.50. The molecule has 0 spiro atoms. The summed E-state index contributed by atoms with van der Waals surface area (Å²) in [6.07, 6.45) is -6.16. The minimum Gasteiger partial charge on any atom is -0.490 e. The number of aliphatic carboxylic acids is 2. The maximum Gasteiger partial charge on any atom is 0.490 e. The average molecular weight is 604 g/mol. The van der Waals surface area contributed by atoms with Gasteiger partial charge in [0.05, 0.1) is 11.7 Å². The highest BCUT2D eigenvalue weighted by atomic mass is 19.4. The summed E-state index contributed by atoms with van der Waals surface area (Å²) in [7, 11) is 0. The number of nitrogens with one attached hydrogen (secondary N) is 1. The summed E-state index contributed by atoms with van der Waals surface area (Å²) < 4.78 is 82.6. The number of H-pyrrole nitrogens is 1. The van der Waals surface area contributed by atoms with Gasteiger partial charge in [0.1, 0.15) is 18.2 Å². The lowest BCUT2D eigenvalue weighted by Crippen LogP contribution is -2.30. The van der Waals surface area contributed by atoms with Gasteiger partial charge in [-0.1, -0.05) is 18.2 Å². The number of halogens is 7. The van der Waals surface area contributed by atoms with Crippen molar-refractivity contribution in [3.8, 4) is 16.9 Å². The van der Waals surface area contributed by atoms with Crippen molar-refractivity contribution in [3.63, 3.8) is 0 Å². The fourth-order valence-corrected chi connectivity index (χ4v) is 3.20. The molecule has 5 N–H and O–H groups in total. The molecule has 9 nitrogen and oxygen atoms in total. The maximum atomic E-state index is 13.3. The van der Waals surface area contributed by atoms with Gasteiger partial charge in [0.15, 0.2) is 0 Å². The molecule has 4 rings (SSSR count). The van der Waals surface area contributed by atoms with Crippen molar-refractivity contribution >= 4 is 22.8 Å². The Kier molecular flexibility index (Phi) is 11.4. The number of aryl methyl sites for hydroxylation is 1. The zero-order valence-electron chi connectivity index (χ0n) is 21.5. The molecule has 4 aromatic rings. The number of pyridine rings is 1. The number of hydrogen-bond acceptors (Lipinski definition) is 6. The van der Waals surface area contributed by atoms with Crippen molar-refractivity contribution in [3.05, 3.63) is 78.0 Å². The molecule has 0 saturated heterocycles. The first-order valence-corrected chi connectivity index (χ1v) is 11.6. The van der Waals surface area contributed by atoms with Gasteiger partial charge in [-0.2, -0.15) is 31.4 Å². The van der Waals surface area contributed by atoms with Crippen LogP contribution in [0.15, 0.2) is 60.9 Å². The molecule has 0 amide bonds. The van der Waals surface area contributed by atoms with Crippen LogP contribution in [0.3, 0.4) is 0 Å². The van der Waals surface area contributed by atoms with E-state index in [0.717, 1.165) is 33.3 Å². The Bertz CT molecular complexity index is 1480. The lowest BCUT2D eigenvalue weighted by molar-refractivity contribution is -0.193. The molecule has 0 aliphatic rings. The zero-order valence-corrected chi connectivity index (χ0v) is 21.5. The lowest BCUT2D eigenvalue weighted by atomic mass is 10.0. The van der Waals surface area contributed by atoms with E-state index in [1.54, 1.807) is 18.5 Å². The number of aromatic amines is 1. The van der Waals surface area contributed by atoms with E-state index in [1.807, 2.05) is 31.2 Å². The van der Waals surface area contributed by atoms with E-state index >= 15 is 0 Å². The van der Waals surface area contributed by atoms with Gasteiger partial charge in [0, 0.05) is 28.9 Å². The third kappa shape index (κ3) is 10.7. The molecule has 42 heavy (non-hydrogen) atoms. The van der Waals surface area contributed by atoms with Gasteiger partial charge >= 0.3 is 24.3 Å².